The monoisotopic (exact) mass is 145 g/mol. The Balaban J connectivity index is 2.52. The Morgan fingerprint density at radius 1 is 1.45 bits per heavy atom. The van der Waals surface area contributed by atoms with Crippen LogP contribution >= 0.6 is 0 Å². The third-order valence-electron chi connectivity index (χ3n) is 1.11. The fourth-order valence-corrected chi connectivity index (χ4v) is 0.607. The molecule has 0 atom stereocenters. The second kappa shape index (κ2) is 4.40. The first-order valence-corrected chi connectivity index (χ1v) is 3.54. The predicted octanol–water partition coefficient (Wildman–Crippen LogP) is 2.24. The van der Waals surface area contributed by atoms with Gasteiger partial charge < -0.3 is 4.74 Å². The zero-order valence-corrected chi connectivity index (χ0v) is 6.42. The average Bonchev–Trinajstić information content (AvgIpc) is 2.07. The molecule has 0 amide bonds. The molecule has 1 radical (unpaired) electrons. The van der Waals surface area contributed by atoms with Crippen LogP contribution in [-0.2, 0) is 0 Å². The molecule has 11 heavy (non-hydrogen) atoms. The van der Waals surface area contributed by atoms with Crippen LogP contribution in [-0.4, -0.2) is 0 Å². The van der Waals surface area contributed by atoms with Crippen molar-refractivity contribution < 1.29 is 4.74 Å². The molecular formula is C10H9O. The van der Waals surface area contributed by atoms with E-state index in [1.807, 2.05) is 19.1 Å². The molecule has 0 aromatic heterocycles. The standard InChI is InChI=1S/C10H9O/c1-2-3-9-11-10-7-5-4-6-8-10/h5-8H,2H2,1H3. The molecule has 0 saturated heterocycles. The topological polar surface area (TPSA) is 9.23 Å². The van der Waals surface area contributed by atoms with Gasteiger partial charge in [0.15, 0.2) is 0 Å². The van der Waals surface area contributed by atoms with Crippen LogP contribution in [0.15, 0.2) is 24.3 Å². The summed E-state index contributed by atoms with van der Waals surface area (Å²) < 4.78 is 5.07. The lowest BCUT2D eigenvalue weighted by Crippen LogP contribution is -1.80. The zero-order valence-electron chi connectivity index (χ0n) is 6.42. The molecule has 0 heterocycles. The van der Waals surface area contributed by atoms with Gasteiger partial charge in [0.05, 0.1) is 0 Å². The van der Waals surface area contributed by atoms with Crippen molar-refractivity contribution in [1.82, 2.24) is 0 Å². The molecule has 0 spiro atoms. The summed E-state index contributed by atoms with van der Waals surface area (Å²) in [6, 6.07) is 10.1. The van der Waals surface area contributed by atoms with Gasteiger partial charge in [-0.25, -0.2) is 0 Å². The number of ether oxygens (including phenoxy) is 1. The van der Waals surface area contributed by atoms with Gasteiger partial charge in [0, 0.05) is 6.42 Å². The van der Waals surface area contributed by atoms with E-state index in [2.05, 4.69) is 18.1 Å². The second-order valence-electron chi connectivity index (χ2n) is 1.97. The molecule has 0 aliphatic heterocycles. The second-order valence-corrected chi connectivity index (χ2v) is 1.97. The molecular weight excluding hydrogens is 136 g/mol. The number of hydrogen-bond donors (Lipinski definition) is 0. The highest BCUT2D eigenvalue weighted by atomic mass is 16.5. The van der Waals surface area contributed by atoms with E-state index in [9.17, 15) is 0 Å². The van der Waals surface area contributed by atoms with Crippen molar-refractivity contribution in [3.63, 3.8) is 0 Å². The molecule has 0 aliphatic carbocycles. The summed E-state index contributed by atoms with van der Waals surface area (Å²) >= 11 is 0. The summed E-state index contributed by atoms with van der Waals surface area (Å²) in [5.41, 5.74) is 0. The van der Waals surface area contributed by atoms with Crippen LogP contribution in [0.4, 0.5) is 0 Å². The first-order chi connectivity index (χ1) is 5.43. The summed E-state index contributed by atoms with van der Waals surface area (Å²) in [6.45, 7) is 1.98. The van der Waals surface area contributed by atoms with Gasteiger partial charge in [-0.2, -0.15) is 0 Å². The molecule has 0 bridgehead atoms. The van der Waals surface area contributed by atoms with Gasteiger partial charge >= 0.3 is 0 Å². The number of hydrogen-bond acceptors (Lipinski definition) is 1. The van der Waals surface area contributed by atoms with Crippen molar-refractivity contribution in [2.45, 2.75) is 13.3 Å². The first kappa shape index (κ1) is 7.68. The van der Waals surface area contributed by atoms with Gasteiger partial charge in [-0.05, 0) is 18.2 Å². The minimum Gasteiger partial charge on any atom is -0.408 e. The zero-order chi connectivity index (χ0) is 7.94. The van der Waals surface area contributed by atoms with E-state index in [0.29, 0.717) is 0 Å². The summed E-state index contributed by atoms with van der Waals surface area (Å²) in [5, 5.41) is 0. The number of benzene rings is 1. The van der Waals surface area contributed by atoms with Crippen molar-refractivity contribution in [3.8, 4) is 17.8 Å². The van der Waals surface area contributed by atoms with Crippen LogP contribution in [0.2, 0.25) is 0 Å². The third-order valence-corrected chi connectivity index (χ3v) is 1.11. The molecule has 1 nitrogen and oxygen atoms in total. The smallest absolute Gasteiger partial charge is 0.140 e. The average molecular weight is 145 g/mol. The fraction of sp³-hybridized carbons (Fsp3) is 0.200. The number of rotatable bonds is 1. The van der Waals surface area contributed by atoms with Crippen LogP contribution in [0, 0.1) is 18.1 Å². The predicted molar refractivity (Wildman–Crippen MR) is 44.0 cm³/mol. The van der Waals surface area contributed by atoms with E-state index >= 15 is 0 Å². The van der Waals surface area contributed by atoms with E-state index in [1.54, 1.807) is 12.1 Å². The normalized spacial score (nSPS) is 8.09. The van der Waals surface area contributed by atoms with Gasteiger partial charge in [-0.1, -0.05) is 25.0 Å². The Morgan fingerprint density at radius 3 is 2.82 bits per heavy atom. The van der Waals surface area contributed by atoms with Gasteiger partial charge in [0.25, 0.3) is 0 Å². The van der Waals surface area contributed by atoms with E-state index in [-0.39, 0.29) is 0 Å². The maximum atomic E-state index is 5.07. The Kier molecular flexibility index (Phi) is 3.08. The van der Waals surface area contributed by atoms with E-state index in [4.69, 9.17) is 4.74 Å². The lowest BCUT2D eigenvalue weighted by molar-refractivity contribution is 0.519. The lowest BCUT2D eigenvalue weighted by Gasteiger charge is -1.92. The van der Waals surface area contributed by atoms with Crippen molar-refractivity contribution in [3.05, 3.63) is 30.3 Å². The van der Waals surface area contributed by atoms with E-state index < -0.39 is 0 Å². The van der Waals surface area contributed by atoms with E-state index in [0.717, 1.165) is 12.2 Å². The molecule has 0 N–H and O–H groups in total. The minimum absolute atomic E-state index is 0.768. The molecule has 0 fully saturated rings. The Bertz CT molecular complexity index is 253. The largest absolute Gasteiger partial charge is 0.408 e. The molecule has 55 valence electrons. The van der Waals surface area contributed by atoms with Crippen molar-refractivity contribution in [2.24, 2.45) is 0 Å². The van der Waals surface area contributed by atoms with Gasteiger partial charge in [-0.3, -0.25) is 0 Å². The highest BCUT2D eigenvalue weighted by Crippen LogP contribution is 2.06. The van der Waals surface area contributed by atoms with Gasteiger partial charge in [-0.15, -0.1) is 0 Å². The molecule has 1 heteroatoms. The maximum absolute atomic E-state index is 5.07. The summed E-state index contributed by atoms with van der Waals surface area (Å²) in [6.07, 6.45) is 3.41. The fourth-order valence-electron chi connectivity index (χ4n) is 0.607. The van der Waals surface area contributed by atoms with Crippen LogP contribution in [0.25, 0.3) is 0 Å². The molecule has 0 saturated carbocycles. The molecule has 1 aromatic carbocycles. The van der Waals surface area contributed by atoms with Gasteiger partial charge in [0.2, 0.25) is 0 Å². The molecule has 0 unspecified atom stereocenters. The van der Waals surface area contributed by atoms with Crippen LogP contribution in [0.1, 0.15) is 13.3 Å². The van der Waals surface area contributed by atoms with Gasteiger partial charge in [0.1, 0.15) is 11.9 Å². The SMILES string of the molecule is CCC#COc1cc[c]cc1. The first-order valence-electron chi connectivity index (χ1n) is 3.54. The minimum atomic E-state index is 0.768. The highest BCUT2D eigenvalue weighted by Gasteiger charge is 1.84. The summed E-state index contributed by atoms with van der Waals surface area (Å²) in [5.74, 6) is 3.58. The molecule has 1 rings (SSSR count). The lowest BCUT2D eigenvalue weighted by atomic mass is 10.3. The molecule has 0 aliphatic rings. The van der Waals surface area contributed by atoms with Crippen LogP contribution < -0.4 is 4.74 Å². The Labute approximate surface area is 67.0 Å². The summed E-state index contributed by atoms with van der Waals surface area (Å²) in [7, 11) is 0. The van der Waals surface area contributed by atoms with Crippen molar-refractivity contribution in [1.29, 1.82) is 0 Å². The van der Waals surface area contributed by atoms with Crippen molar-refractivity contribution in [2.75, 3.05) is 0 Å². The molecule has 1 aromatic rings. The van der Waals surface area contributed by atoms with Crippen molar-refractivity contribution >= 4 is 0 Å². The Hall–Kier alpha value is -1.42. The summed E-state index contributed by atoms with van der Waals surface area (Å²) in [4.78, 5) is 0. The quantitative estimate of drug-likeness (QED) is 0.550. The highest BCUT2D eigenvalue weighted by molar-refractivity contribution is 5.22. The van der Waals surface area contributed by atoms with Crippen LogP contribution in [0.5, 0.6) is 5.75 Å². The third kappa shape index (κ3) is 2.77. The van der Waals surface area contributed by atoms with E-state index in [1.165, 1.54) is 0 Å². The van der Waals surface area contributed by atoms with Crippen LogP contribution in [0.3, 0.4) is 0 Å². The maximum Gasteiger partial charge on any atom is 0.140 e. The Morgan fingerprint density at radius 2 is 2.18 bits per heavy atom.